The van der Waals surface area contributed by atoms with Gasteiger partial charge in [0.05, 0.1) is 0 Å². The summed E-state index contributed by atoms with van der Waals surface area (Å²) in [4.78, 5) is 14.5. The van der Waals surface area contributed by atoms with E-state index in [9.17, 15) is 4.79 Å². The number of ketones is 1. The molecule has 0 fully saturated rings. The Balaban J connectivity index is 2.63. The van der Waals surface area contributed by atoms with Crippen LogP contribution in [0.15, 0.2) is 34.8 Å². The molecule has 0 radical (unpaired) electrons. The molecule has 0 N–H and O–H groups in total. The van der Waals surface area contributed by atoms with Crippen LogP contribution in [0.1, 0.15) is 38.2 Å². The lowest BCUT2D eigenvalue weighted by Crippen LogP contribution is -2.27. The predicted molar refractivity (Wildman–Crippen MR) is 94.4 cm³/mol. The summed E-state index contributed by atoms with van der Waals surface area (Å²) in [6.45, 7) is 3.02. The zero-order chi connectivity index (χ0) is 15.7. The van der Waals surface area contributed by atoms with Gasteiger partial charge in [-0.15, -0.1) is 0 Å². The summed E-state index contributed by atoms with van der Waals surface area (Å²) < 4.78 is 1.05. The van der Waals surface area contributed by atoms with Crippen molar-refractivity contribution in [3.8, 4) is 0 Å². The van der Waals surface area contributed by atoms with Gasteiger partial charge in [0.1, 0.15) is 0 Å². The zero-order valence-corrected chi connectivity index (χ0v) is 14.9. The Bertz CT molecular complexity index is 451. The molecule has 1 rings (SSSR count). The lowest BCUT2D eigenvalue weighted by Gasteiger charge is -2.18. The first-order valence-electron chi connectivity index (χ1n) is 7.65. The van der Waals surface area contributed by atoms with Gasteiger partial charge in [-0.2, -0.15) is 0 Å². The van der Waals surface area contributed by atoms with E-state index in [1.54, 1.807) is 6.08 Å². The van der Waals surface area contributed by atoms with Crippen molar-refractivity contribution >= 4 is 27.8 Å². The topological polar surface area (TPSA) is 20.3 Å². The fourth-order valence-corrected chi connectivity index (χ4v) is 2.56. The maximum Gasteiger partial charge on any atom is 0.160 e. The van der Waals surface area contributed by atoms with E-state index < -0.39 is 0 Å². The number of allylic oxidation sites excluding steroid dienone is 1. The van der Waals surface area contributed by atoms with Crippen molar-refractivity contribution in [2.24, 2.45) is 5.92 Å². The van der Waals surface area contributed by atoms with Gasteiger partial charge >= 0.3 is 0 Å². The smallest absolute Gasteiger partial charge is 0.160 e. The number of halogens is 1. The van der Waals surface area contributed by atoms with Gasteiger partial charge in [0.15, 0.2) is 5.78 Å². The van der Waals surface area contributed by atoms with Gasteiger partial charge in [-0.05, 0) is 44.3 Å². The summed E-state index contributed by atoms with van der Waals surface area (Å²) in [7, 11) is 4.05. The number of unbranched alkanes of at least 4 members (excludes halogenated alkanes) is 2. The molecule has 0 aromatic heterocycles. The Labute approximate surface area is 137 Å². The summed E-state index contributed by atoms with van der Waals surface area (Å²) in [6, 6.07) is 7.99. The Morgan fingerprint density at radius 2 is 1.90 bits per heavy atom. The van der Waals surface area contributed by atoms with Crippen molar-refractivity contribution in [2.45, 2.75) is 32.6 Å². The van der Waals surface area contributed by atoms with Crippen LogP contribution in [0.4, 0.5) is 0 Å². The number of rotatable bonds is 9. The summed E-state index contributed by atoms with van der Waals surface area (Å²) in [5.74, 6) is 0.348. The zero-order valence-electron chi connectivity index (χ0n) is 13.3. The fraction of sp³-hybridized carbons (Fsp3) is 0.500. The summed E-state index contributed by atoms with van der Waals surface area (Å²) in [5, 5.41) is 0. The number of hydrogen-bond acceptors (Lipinski definition) is 2. The van der Waals surface area contributed by atoms with Crippen LogP contribution in [-0.4, -0.2) is 31.3 Å². The first kappa shape index (κ1) is 18.1. The Kier molecular flexibility index (Phi) is 8.55. The molecule has 0 spiro atoms. The van der Waals surface area contributed by atoms with Crippen LogP contribution in [0.3, 0.4) is 0 Å². The van der Waals surface area contributed by atoms with E-state index in [1.807, 2.05) is 44.4 Å². The number of carbonyl (C=O) groups excluding carboxylic acids is 1. The molecule has 0 heterocycles. The van der Waals surface area contributed by atoms with Crippen molar-refractivity contribution < 1.29 is 4.79 Å². The van der Waals surface area contributed by atoms with Crippen LogP contribution >= 0.6 is 15.9 Å². The summed E-state index contributed by atoms with van der Waals surface area (Å²) in [6.07, 6.45) is 8.16. The van der Waals surface area contributed by atoms with E-state index in [4.69, 9.17) is 0 Å². The SMILES string of the molecule is CCCCCC(CN(C)C)C(=O)C=Cc1ccc(Br)cc1. The molecule has 1 aromatic rings. The highest BCUT2D eigenvalue weighted by Crippen LogP contribution is 2.15. The number of hydrogen-bond donors (Lipinski definition) is 0. The molecule has 1 atom stereocenters. The molecule has 1 unspecified atom stereocenters. The molecule has 0 saturated carbocycles. The van der Waals surface area contributed by atoms with Crippen LogP contribution < -0.4 is 0 Å². The second-order valence-electron chi connectivity index (χ2n) is 5.74. The average molecular weight is 352 g/mol. The van der Waals surface area contributed by atoms with E-state index in [1.165, 1.54) is 12.8 Å². The molecular weight excluding hydrogens is 326 g/mol. The van der Waals surface area contributed by atoms with Crippen LogP contribution in [0.25, 0.3) is 6.08 Å². The van der Waals surface area contributed by atoms with E-state index in [-0.39, 0.29) is 11.7 Å². The molecule has 0 aliphatic carbocycles. The molecule has 116 valence electrons. The first-order chi connectivity index (χ1) is 10.0. The molecule has 0 aliphatic heterocycles. The van der Waals surface area contributed by atoms with E-state index in [0.29, 0.717) is 0 Å². The molecule has 21 heavy (non-hydrogen) atoms. The number of benzene rings is 1. The van der Waals surface area contributed by atoms with Gasteiger partial charge in [-0.1, -0.05) is 60.3 Å². The first-order valence-corrected chi connectivity index (χ1v) is 8.44. The standard InChI is InChI=1S/C18H26BrNO/c1-4-5-6-7-16(14-20(2)3)18(21)13-10-15-8-11-17(19)12-9-15/h8-13,16H,4-7,14H2,1-3H3. The Morgan fingerprint density at radius 3 is 2.48 bits per heavy atom. The molecule has 0 bridgehead atoms. The van der Waals surface area contributed by atoms with E-state index in [2.05, 4.69) is 27.8 Å². The normalized spacial score (nSPS) is 13.0. The molecule has 0 aliphatic rings. The van der Waals surface area contributed by atoms with Gasteiger partial charge in [0.25, 0.3) is 0 Å². The molecule has 2 nitrogen and oxygen atoms in total. The van der Waals surface area contributed by atoms with Crippen LogP contribution in [0.5, 0.6) is 0 Å². The monoisotopic (exact) mass is 351 g/mol. The predicted octanol–water partition coefficient (Wildman–Crippen LogP) is 4.79. The van der Waals surface area contributed by atoms with Gasteiger partial charge in [-0.3, -0.25) is 4.79 Å². The maximum absolute atomic E-state index is 12.4. The van der Waals surface area contributed by atoms with Crippen molar-refractivity contribution in [1.29, 1.82) is 0 Å². The molecule has 0 saturated heterocycles. The highest BCUT2D eigenvalue weighted by molar-refractivity contribution is 9.10. The van der Waals surface area contributed by atoms with Crippen LogP contribution in [0.2, 0.25) is 0 Å². The number of nitrogens with zero attached hydrogens (tertiary/aromatic N) is 1. The van der Waals surface area contributed by atoms with Crippen molar-refractivity contribution in [2.75, 3.05) is 20.6 Å². The molecular formula is C18H26BrNO. The molecule has 1 aromatic carbocycles. The molecule has 0 amide bonds. The van der Waals surface area contributed by atoms with Crippen molar-refractivity contribution in [3.05, 3.63) is 40.4 Å². The highest BCUT2D eigenvalue weighted by atomic mass is 79.9. The second kappa shape index (κ2) is 9.91. The summed E-state index contributed by atoms with van der Waals surface area (Å²) in [5.41, 5.74) is 1.06. The third-order valence-electron chi connectivity index (χ3n) is 3.45. The highest BCUT2D eigenvalue weighted by Gasteiger charge is 2.16. The van der Waals surface area contributed by atoms with Crippen molar-refractivity contribution in [1.82, 2.24) is 4.90 Å². The van der Waals surface area contributed by atoms with Gasteiger partial charge < -0.3 is 4.90 Å². The van der Waals surface area contributed by atoms with Gasteiger partial charge in [0, 0.05) is 16.9 Å². The lowest BCUT2D eigenvalue weighted by atomic mass is 9.95. The van der Waals surface area contributed by atoms with Crippen molar-refractivity contribution in [3.63, 3.8) is 0 Å². The van der Waals surface area contributed by atoms with Crippen LogP contribution in [0, 0.1) is 5.92 Å². The third kappa shape index (κ3) is 7.58. The second-order valence-corrected chi connectivity index (χ2v) is 6.66. The van der Waals surface area contributed by atoms with E-state index >= 15 is 0 Å². The number of carbonyl (C=O) groups is 1. The third-order valence-corrected chi connectivity index (χ3v) is 3.98. The molecule has 3 heteroatoms. The summed E-state index contributed by atoms with van der Waals surface area (Å²) >= 11 is 3.41. The fourth-order valence-electron chi connectivity index (χ4n) is 2.29. The van der Waals surface area contributed by atoms with Gasteiger partial charge in [-0.25, -0.2) is 0 Å². The minimum atomic E-state index is 0.109. The minimum Gasteiger partial charge on any atom is -0.309 e. The minimum absolute atomic E-state index is 0.109. The van der Waals surface area contributed by atoms with E-state index in [0.717, 1.165) is 29.4 Å². The Hall–Kier alpha value is -0.930. The van der Waals surface area contributed by atoms with Gasteiger partial charge in [0.2, 0.25) is 0 Å². The largest absolute Gasteiger partial charge is 0.309 e. The van der Waals surface area contributed by atoms with Crippen LogP contribution in [-0.2, 0) is 4.79 Å². The average Bonchev–Trinajstić information content (AvgIpc) is 2.45. The maximum atomic E-state index is 12.4. The lowest BCUT2D eigenvalue weighted by molar-refractivity contribution is -0.118. The quantitative estimate of drug-likeness (QED) is 0.470. The Morgan fingerprint density at radius 1 is 1.24 bits per heavy atom.